The highest BCUT2D eigenvalue weighted by Crippen LogP contribution is 2.26. The molecule has 2 aliphatic heterocycles. The molecule has 0 aliphatic carbocycles. The zero-order valence-corrected chi connectivity index (χ0v) is 12.3. The maximum absolute atomic E-state index is 12.8. The van der Waals surface area contributed by atoms with Crippen molar-refractivity contribution < 1.29 is 14.0 Å². The van der Waals surface area contributed by atoms with Gasteiger partial charge in [0.05, 0.1) is 12.5 Å². The van der Waals surface area contributed by atoms with Crippen LogP contribution in [-0.2, 0) is 16.0 Å². The maximum atomic E-state index is 12.8. The number of carbonyl (C=O) groups excluding carboxylic acids is 2. The summed E-state index contributed by atoms with van der Waals surface area (Å²) >= 11 is 0. The van der Waals surface area contributed by atoms with Crippen LogP contribution in [-0.4, -0.2) is 49.4 Å². The Hall–Kier alpha value is -1.95. The highest BCUT2D eigenvalue weighted by Gasteiger charge is 2.42. The van der Waals surface area contributed by atoms with Gasteiger partial charge in [-0.05, 0) is 24.1 Å². The minimum atomic E-state index is -0.253. The summed E-state index contributed by atoms with van der Waals surface area (Å²) in [5.41, 5.74) is 0.995. The van der Waals surface area contributed by atoms with Crippen LogP contribution in [0.1, 0.15) is 5.56 Å². The van der Waals surface area contributed by atoms with Crippen molar-refractivity contribution in [1.82, 2.24) is 15.5 Å². The van der Waals surface area contributed by atoms with Gasteiger partial charge in [0.2, 0.25) is 11.8 Å². The molecular weight excluding hydrogens is 285 g/mol. The van der Waals surface area contributed by atoms with E-state index >= 15 is 0 Å². The van der Waals surface area contributed by atoms with Gasteiger partial charge in [-0.3, -0.25) is 14.5 Å². The van der Waals surface area contributed by atoms with Crippen LogP contribution in [0.25, 0.3) is 0 Å². The topological polar surface area (TPSA) is 61.4 Å². The number of benzene rings is 1. The molecule has 2 amide bonds. The van der Waals surface area contributed by atoms with Crippen molar-refractivity contribution in [3.63, 3.8) is 0 Å². The number of nitrogens with one attached hydrogen (secondary N) is 2. The molecule has 0 radical (unpaired) electrons. The summed E-state index contributed by atoms with van der Waals surface area (Å²) in [5.74, 6) is 0.231. The lowest BCUT2D eigenvalue weighted by Crippen LogP contribution is -2.38. The second-order valence-corrected chi connectivity index (χ2v) is 6.03. The van der Waals surface area contributed by atoms with Gasteiger partial charge in [-0.15, -0.1) is 0 Å². The normalized spacial score (nSPS) is 24.1. The molecule has 2 heterocycles. The van der Waals surface area contributed by atoms with Gasteiger partial charge in [0.15, 0.2) is 0 Å². The van der Waals surface area contributed by atoms with Gasteiger partial charge in [-0.25, -0.2) is 4.39 Å². The third kappa shape index (κ3) is 3.44. The van der Waals surface area contributed by atoms with E-state index < -0.39 is 0 Å². The molecule has 1 aromatic carbocycles. The third-order valence-electron chi connectivity index (χ3n) is 4.41. The number of nitrogens with zero attached hydrogens (tertiary/aromatic N) is 1. The van der Waals surface area contributed by atoms with Crippen LogP contribution < -0.4 is 10.6 Å². The van der Waals surface area contributed by atoms with Gasteiger partial charge >= 0.3 is 0 Å². The van der Waals surface area contributed by atoms with E-state index in [0.29, 0.717) is 32.0 Å². The smallest absolute Gasteiger partial charge is 0.234 e. The lowest BCUT2D eigenvalue weighted by atomic mass is 10.0. The van der Waals surface area contributed by atoms with E-state index in [1.807, 2.05) is 4.90 Å². The second kappa shape index (κ2) is 6.44. The zero-order valence-electron chi connectivity index (χ0n) is 12.3. The molecule has 0 spiro atoms. The van der Waals surface area contributed by atoms with E-state index in [1.54, 1.807) is 12.1 Å². The van der Waals surface area contributed by atoms with Gasteiger partial charge in [0.1, 0.15) is 5.82 Å². The fraction of sp³-hybridized carbons (Fsp3) is 0.500. The third-order valence-corrected chi connectivity index (χ3v) is 4.41. The number of likely N-dealkylation sites (tertiary alicyclic amines) is 1. The predicted octanol–water partition coefficient (Wildman–Crippen LogP) is 0.162. The van der Waals surface area contributed by atoms with E-state index in [2.05, 4.69) is 10.6 Å². The minimum absolute atomic E-state index is 0.0255. The Kier molecular flexibility index (Phi) is 4.38. The quantitative estimate of drug-likeness (QED) is 0.815. The first-order valence-corrected chi connectivity index (χ1v) is 7.63. The number of rotatable bonds is 5. The molecule has 1 aromatic rings. The average Bonchev–Trinajstić information content (AvgIpc) is 3.03. The van der Waals surface area contributed by atoms with Crippen molar-refractivity contribution in [3.05, 3.63) is 35.6 Å². The van der Waals surface area contributed by atoms with Crippen LogP contribution in [0.3, 0.4) is 0 Å². The molecule has 2 atom stereocenters. The Labute approximate surface area is 128 Å². The summed E-state index contributed by atoms with van der Waals surface area (Å²) < 4.78 is 12.8. The highest BCUT2D eigenvalue weighted by atomic mass is 19.1. The van der Waals surface area contributed by atoms with Crippen molar-refractivity contribution in [2.24, 2.45) is 11.8 Å². The van der Waals surface area contributed by atoms with Crippen molar-refractivity contribution in [2.75, 3.05) is 32.7 Å². The Morgan fingerprint density at radius 3 is 2.82 bits per heavy atom. The van der Waals surface area contributed by atoms with E-state index in [0.717, 1.165) is 18.7 Å². The number of hydrogen-bond acceptors (Lipinski definition) is 3. The summed E-state index contributed by atoms with van der Waals surface area (Å²) in [6.07, 6.45) is 0.680. The number of halogens is 1. The molecule has 5 nitrogen and oxygen atoms in total. The molecule has 0 aromatic heterocycles. The van der Waals surface area contributed by atoms with Gasteiger partial charge in [-0.2, -0.15) is 0 Å². The van der Waals surface area contributed by atoms with Crippen molar-refractivity contribution in [1.29, 1.82) is 0 Å². The lowest BCUT2D eigenvalue weighted by Gasteiger charge is -2.16. The van der Waals surface area contributed by atoms with E-state index in [-0.39, 0.29) is 23.5 Å². The van der Waals surface area contributed by atoms with E-state index in [9.17, 15) is 14.0 Å². The molecule has 6 heteroatoms. The van der Waals surface area contributed by atoms with E-state index in [1.165, 1.54) is 12.1 Å². The standard InChI is InChI=1S/C16H20FN3O2/c17-13-3-1-11(2-4-13)5-6-18-15(21)10-20-8-12-7-19-16(22)14(12)9-20/h1-4,12,14H,5-10H2,(H,18,21)(H,19,22)/t12-,14+/m0/s1. The molecule has 2 saturated heterocycles. The molecule has 22 heavy (non-hydrogen) atoms. The SMILES string of the molecule is O=C(CN1C[C@@H]2CNC(=O)[C@@H]2C1)NCCc1ccc(F)cc1. The van der Waals surface area contributed by atoms with Crippen LogP contribution in [0.5, 0.6) is 0 Å². The lowest BCUT2D eigenvalue weighted by molar-refractivity contribution is -0.124. The van der Waals surface area contributed by atoms with Crippen molar-refractivity contribution in [2.45, 2.75) is 6.42 Å². The summed E-state index contributed by atoms with van der Waals surface area (Å²) in [7, 11) is 0. The van der Waals surface area contributed by atoms with Gasteiger partial charge in [0, 0.05) is 32.1 Å². The number of carbonyl (C=O) groups is 2. The summed E-state index contributed by atoms with van der Waals surface area (Å²) in [5, 5.41) is 5.73. The first-order chi connectivity index (χ1) is 10.6. The first-order valence-electron chi connectivity index (χ1n) is 7.63. The zero-order chi connectivity index (χ0) is 15.5. The summed E-state index contributed by atoms with van der Waals surface area (Å²) in [6, 6.07) is 6.29. The van der Waals surface area contributed by atoms with Gasteiger partial charge in [-0.1, -0.05) is 12.1 Å². The Morgan fingerprint density at radius 1 is 1.32 bits per heavy atom. The molecular formula is C16H20FN3O2. The molecule has 0 bridgehead atoms. The molecule has 118 valence electrons. The van der Waals surface area contributed by atoms with Crippen LogP contribution in [0, 0.1) is 17.7 Å². The van der Waals surface area contributed by atoms with Crippen LogP contribution >= 0.6 is 0 Å². The van der Waals surface area contributed by atoms with Gasteiger partial charge < -0.3 is 10.6 Å². The van der Waals surface area contributed by atoms with Gasteiger partial charge in [0.25, 0.3) is 0 Å². The molecule has 0 saturated carbocycles. The van der Waals surface area contributed by atoms with Crippen molar-refractivity contribution in [3.8, 4) is 0 Å². The maximum Gasteiger partial charge on any atom is 0.234 e. The Balaban J connectivity index is 1.38. The Bertz CT molecular complexity index is 561. The molecule has 2 fully saturated rings. The van der Waals surface area contributed by atoms with Crippen molar-refractivity contribution >= 4 is 11.8 Å². The monoisotopic (exact) mass is 305 g/mol. The fourth-order valence-electron chi connectivity index (χ4n) is 3.21. The number of amides is 2. The minimum Gasteiger partial charge on any atom is -0.355 e. The largest absolute Gasteiger partial charge is 0.355 e. The van der Waals surface area contributed by atoms with Crippen LogP contribution in [0.4, 0.5) is 4.39 Å². The summed E-state index contributed by atoms with van der Waals surface area (Å²) in [6.45, 7) is 3.07. The molecule has 2 aliphatic rings. The Morgan fingerprint density at radius 2 is 2.09 bits per heavy atom. The van der Waals surface area contributed by atoms with Crippen LogP contribution in [0.2, 0.25) is 0 Å². The first kappa shape index (κ1) is 15.0. The predicted molar refractivity (Wildman–Crippen MR) is 79.5 cm³/mol. The number of fused-ring (bicyclic) bond motifs is 1. The van der Waals surface area contributed by atoms with E-state index in [4.69, 9.17) is 0 Å². The molecule has 3 rings (SSSR count). The second-order valence-electron chi connectivity index (χ2n) is 6.03. The summed E-state index contributed by atoms with van der Waals surface area (Å²) in [4.78, 5) is 25.5. The molecule has 2 N–H and O–H groups in total. The average molecular weight is 305 g/mol. The number of hydrogen-bond donors (Lipinski definition) is 2. The molecule has 0 unspecified atom stereocenters. The fourth-order valence-corrected chi connectivity index (χ4v) is 3.21. The highest BCUT2D eigenvalue weighted by molar-refractivity contribution is 5.82. The van der Waals surface area contributed by atoms with Crippen LogP contribution in [0.15, 0.2) is 24.3 Å².